The molecular formula is C21H24N2O4. The first-order valence-electron chi connectivity index (χ1n) is 8.75. The van der Waals surface area contributed by atoms with E-state index in [1.165, 1.54) is 5.56 Å². The van der Waals surface area contributed by atoms with Gasteiger partial charge in [0.15, 0.2) is 11.5 Å². The lowest BCUT2D eigenvalue weighted by Crippen LogP contribution is -2.24. The van der Waals surface area contributed by atoms with Crippen molar-refractivity contribution in [3.8, 4) is 23.3 Å². The van der Waals surface area contributed by atoms with Gasteiger partial charge in [-0.3, -0.25) is 4.79 Å². The molecule has 0 aromatic heterocycles. The van der Waals surface area contributed by atoms with Crippen LogP contribution in [0.1, 0.15) is 17.5 Å². The Kier molecular flexibility index (Phi) is 7.98. The van der Waals surface area contributed by atoms with E-state index in [0.29, 0.717) is 37.7 Å². The van der Waals surface area contributed by atoms with Crippen LogP contribution in [0.4, 0.5) is 0 Å². The van der Waals surface area contributed by atoms with Gasteiger partial charge >= 0.3 is 0 Å². The lowest BCUT2D eigenvalue weighted by molar-refractivity contribution is -0.120. The average molecular weight is 368 g/mol. The third kappa shape index (κ3) is 6.90. The molecule has 0 unspecified atom stereocenters. The first-order valence-corrected chi connectivity index (χ1v) is 8.75. The van der Waals surface area contributed by atoms with E-state index in [4.69, 9.17) is 19.5 Å². The van der Waals surface area contributed by atoms with Gasteiger partial charge in [-0.2, -0.15) is 5.26 Å². The van der Waals surface area contributed by atoms with Crippen LogP contribution in [0.3, 0.4) is 0 Å². The Morgan fingerprint density at radius 2 is 1.81 bits per heavy atom. The Bertz CT molecular complexity index is 782. The largest absolute Gasteiger partial charge is 0.493 e. The second-order valence-electron chi connectivity index (χ2n) is 5.93. The van der Waals surface area contributed by atoms with Crippen molar-refractivity contribution in [3.63, 3.8) is 0 Å². The minimum Gasteiger partial charge on any atom is -0.493 e. The molecule has 6 heteroatoms. The van der Waals surface area contributed by atoms with Crippen molar-refractivity contribution in [2.45, 2.75) is 19.8 Å². The first kappa shape index (κ1) is 20.1. The van der Waals surface area contributed by atoms with Crippen LogP contribution in [-0.4, -0.2) is 32.8 Å². The molecule has 2 aromatic rings. The smallest absolute Gasteiger partial charge is 0.234 e. The fourth-order valence-corrected chi connectivity index (χ4v) is 2.42. The maximum atomic E-state index is 11.3. The summed E-state index contributed by atoms with van der Waals surface area (Å²) in [5, 5.41) is 11.2. The monoisotopic (exact) mass is 368 g/mol. The van der Waals surface area contributed by atoms with Crippen LogP contribution in [0.2, 0.25) is 0 Å². The van der Waals surface area contributed by atoms with E-state index in [1.807, 2.05) is 55.5 Å². The van der Waals surface area contributed by atoms with E-state index in [9.17, 15) is 4.79 Å². The number of carbonyl (C=O) groups excluding carboxylic acids is 1. The maximum absolute atomic E-state index is 11.3. The fourth-order valence-electron chi connectivity index (χ4n) is 2.42. The van der Waals surface area contributed by atoms with Gasteiger partial charge in [-0.25, -0.2) is 0 Å². The van der Waals surface area contributed by atoms with Gasteiger partial charge in [0.2, 0.25) is 5.91 Å². The standard InChI is InChI=1S/C21H24N2O4/c1-16-3-6-18(7-4-16)26-13-14-27-20-15-17(5-8-19(20)25-2)10-12-23-21(24)9-11-22/h3-8,15H,9-10,12-14H2,1-2H3,(H,23,24). The fraction of sp³-hybridized carbons (Fsp3) is 0.333. The number of nitrogens with one attached hydrogen (secondary N) is 1. The lowest BCUT2D eigenvalue weighted by Gasteiger charge is -2.13. The summed E-state index contributed by atoms with van der Waals surface area (Å²) in [5.74, 6) is 1.81. The number of benzene rings is 2. The van der Waals surface area contributed by atoms with Crippen LogP contribution < -0.4 is 19.5 Å². The van der Waals surface area contributed by atoms with Crippen molar-refractivity contribution >= 4 is 5.91 Å². The quantitative estimate of drug-likeness (QED) is 0.652. The first-order chi connectivity index (χ1) is 13.1. The van der Waals surface area contributed by atoms with Crippen molar-refractivity contribution in [3.05, 3.63) is 53.6 Å². The van der Waals surface area contributed by atoms with Crippen LogP contribution in [0.15, 0.2) is 42.5 Å². The molecule has 0 aliphatic carbocycles. The maximum Gasteiger partial charge on any atom is 0.234 e. The van der Waals surface area contributed by atoms with Crippen molar-refractivity contribution in [1.82, 2.24) is 5.32 Å². The van der Waals surface area contributed by atoms with E-state index in [-0.39, 0.29) is 12.3 Å². The van der Waals surface area contributed by atoms with Crippen LogP contribution in [0, 0.1) is 18.3 Å². The summed E-state index contributed by atoms with van der Waals surface area (Å²) in [6, 6.07) is 15.3. The Hall–Kier alpha value is -3.20. The molecule has 0 saturated carbocycles. The van der Waals surface area contributed by atoms with E-state index in [2.05, 4.69) is 5.32 Å². The Morgan fingerprint density at radius 3 is 2.52 bits per heavy atom. The number of ether oxygens (including phenoxy) is 3. The number of aryl methyl sites for hydroxylation is 1. The number of nitriles is 1. The third-order valence-electron chi connectivity index (χ3n) is 3.83. The summed E-state index contributed by atoms with van der Waals surface area (Å²) in [7, 11) is 1.59. The third-order valence-corrected chi connectivity index (χ3v) is 3.83. The van der Waals surface area contributed by atoms with Gasteiger partial charge in [0, 0.05) is 6.54 Å². The number of nitrogens with zero attached hydrogens (tertiary/aromatic N) is 1. The average Bonchev–Trinajstić information content (AvgIpc) is 2.67. The van der Waals surface area contributed by atoms with Gasteiger partial charge in [0.1, 0.15) is 25.4 Å². The van der Waals surface area contributed by atoms with Crippen molar-refractivity contribution in [2.24, 2.45) is 0 Å². The zero-order valence-electron chi connectivity index (χ0n) is 15.7. The molecule has 0 spiro atoms. The molecule has 1 amide bonds. The second-order valence-corrected chi connectivity index (χ2v) is 5.93. The van der Waals surface area contributed by atoms with Crippen LogP contribution in [0.25, 0.3) is 0 Å². The molecule has 2 aromatic carbocycles. The molecule has 27 heavy (non-hydrogen) atoms. The van der Waals surface area contributed by atoms with Crippen molar-refractivity contribution in [1.29, 1.82) is 5.26 Å². The van der Waals surface area contributed by atoms with Gasteiger partial charge < -0.3 is 19.5 Å². The Labute approximate surface area is 159 Å². The number of hydrogen-bond acceptors (Lipinski definition) is 5. The van der Waals surface area contributed by atoms with Gasteiger partial charge in [-0.1, -0.05) is 23.8 Å². The summed E-state index contributed by atoms with van der Waals surface area (Å²) in [6.07, 6.45) is 0.509. The highest BCUT2D eigenvalue weighted by molar-refractivity contribution is 5.77. The van der Waals surface area contributed by atoms with Crippen molar-refractivity contribution in [2.75, 3.05) is 26.9 Å². The molecule has 0 bridgehead atoms. The van der Waals surface area contributed by atoms with E-state index in [1.54, 1.807) is 7.11 Å². The Balaban J connectivity index is 1.84. The predicted octanol–water partition coefficient (Wildman–Crippen LogP) is 3.03. The molecule has 6 nitrogen and oxygen atoms in total. The molecule has 142 valence electrons. The molecule has 0 saturated heterocycles. The second kappa shape index (κ2) is 10.7. The molecule has 1 N–H and O–H groups in total. The molecule has 0 atom stereocenters. The topological polar surface area (TPSA) is 80.6 Å². The van der Waals surface area contributed by atoms with Crippen LogP contribution >= 0.6 is 0 Å². The zero-order valence-corrected chi connectivity index (χ0v) is 15.7. The number of methoxy groups -OCH3 is 1. The molecule has 0 aliphatic heterocycles. The van der Waals surface area contributed by atoms with Gasteiger partial charge in [0.05, 0.1) is 13.2 Å². The zero-order chi connectivity index (χ0) is 19.5. The highest BCUT2D eigenvalue weighted by Crippen LogP contribution is 2.28. The lowest BCUT2D eigenvalue weighted by atomic mass is 10.1. The summed E-state index contributed by atoms with van der Waals surface area (Å²) in [5.41, 5.74) is 2.19. The minimum atomic E-state index is -0.268. The molecule has 0 heterocycles. The number of rotatable bonds is 10. The van der Waals surface area contributed by atoms with Crippen LogP contribution in [0.5, 0.6) is 17.2 Å². The van der Waals surface area contributed by atoms with E-state index >= 15 is 0 Å². The van der Waals surface area contributed by atoms with Gasteiger partial charge in [0.25, 0.3) is 0 Å². The summed E-state index contributed by atoms with van der Waals surface area (Å²) in [6.45, 7) is 3.29. The molecule has 0 fully saturated rings. The number of hydrogen-bond donors (Lipinski definition) is 1. The normalized spacial score (nSPS) is 9.96. The van der Waals surface area contributed by atoms with E-state index in [0.717, 1.165) is 11.3 Å². The summed E-state index contributed by atoms with van der Waals surface area (Å²) in [4.78, 5) is 11.3. The number of carbonyl (C=O) groups is 1. The SMILES string of the molecule is COc1ccc(CCNC(=O)CC#N)cc1OCCOc1ccc(C)cc1. The van der Waals surface area contributed by atoms with Crippen LogP contribution in [-0.2, 0) is 11.2 Å². The van der Waals surface area contributed by atoms with Crippen molar-refractivity contribution < 1.29 is 19.0 Å². The Morgan fingerprint density at radius 1 is 1.07 bits per heavy atom. The highest BCUT2D eigenvalue weighted by atomic mass is 16.5. The molecule has 2 rings (SSSR count). The van der Waals surface area contributed by atoms with E-state index < -0.39 is 0 Å². The predicted molar refractivity (Wildman–Crippen MR) is 102 cm³/mol. The molecular weight excluding hydrogens is 344 g/mol. The molecule has 0 radical (unpaired) electrons. The summed E-state index contributed by atoms with van der Waals surface area (Å²) < 4.78 is 16.8. The van der Waals surface area contributed by atoms with Gasteiger partial charge in [-0.05, 0) is 43.2 Å². The minimum absolute atomic E-state index is 0.127. The summed E-state index contributed by atoms with van der Waals surface area (Å²) >= 11 is 0. The molecule has 0 aliphatic rings. The number of amides is 1. The van der Waals surface area contributed by atoms with Gasteiger partial charge in [-0.15, -0.1) is 0 Å². The highest BCUT2D eigenvalue weighted by Gasteiger charge is 2.07.